The lowest BCUT2D eigenvalue weighted by atomic mass is 9.88. The van der Waals surface area contributed by atoms with Gasteiger partial charge in [0.2, 0.25) is 0 Å². The average Bonchev–Trinajstić information content (AvgIpc) is 2.90. The predicted molar refractivity (Wildman–Crippen MR) is 150 cm³/mol. The molecule has 0 spiro atoms. The summed E-state index contributed by atoms with van der Waals surface area (Å²) in [6, 6.07) is 26.4. The van der Waals surface area contributed by atoms with Crippen LogP contribution in [0, 0.1) is 0 Å². The Balaban J connectivity index is 1.80. The fourth-order valence-electron chi connectivity index (χ4n) is 5.29. The molecule has 5 heteroatoms. The van der Waals surface area contributed by atoms with Crippen LogP contribution in [0.2, 0.25) is 0 Å². The van der Waals surface area contributed by atoms with Crippen LogP contribution >= 0.6 is 0 Å². The second-order valence-corrected chi connectivity index (χ2v) is 11.0. The maximum atomic E-state index is 13.9. The Morgan fingerprint density at radius 1 is 0.895 bits per heavy atom. The summed E-state index contributed by atoms with van der Waals surface area (Å²) in [5, 5.41) is 0. The Hall–Kier alpha value is -3.60. The first-order chi connectivity index (χ1) is 18.2. The van der Waals surface area contributed by atoms with Crippen molar-refractivity contribution in [3.8, 4) is 0 Å². The number of ether oxygens (including phenoxy) is 2. The van der Waals surface area contributed by atoms with Gasteiger partial charge in [0.15, 0.2) is 6.10 Å². The van der Waals surface area contributed by atoms with Crippen LogP contribution in [0.5, 0.6) is 0 Å². The highest BCUT2D eigenvalue weighted by Crippen LogP contribution is 2.43. The van der Waals surface area contributed by atoms with Crippen molar-refractivity contribution < 1.29 is 19.1 Å². The number of carbonyl (C=O) groups excluding carboxylic acids is 2. The SMILES string of the molecule is CCC(CC)c1cccc(C[C@H]2C(=O)O[C@H](c3ccccc3)[C@H](c3ccccc3)N2C(=O)OC(C)(C)C)c1. The van der Waals surface area contributed by atoms with Crippen molar-refractivity contribution >= 4 is 12.1 Å². The largest absolute Gasteiger partial charge is 0.453 e. The number of hydrogen-bond donors (Lipinski definition) is 0. The van der Waals surface area contributed by atoms with Gasteiger partial charge < -0.3 is 9.47 Å². The third kappa shape index (κ3) is 6.27. The number of amides is 1. The Kier molecular flexibility index (Phi) is 8.55. The summed E-state index contributed by atoms with van der Waals surface area (Å²) < 4.78 is 12.1. The molecule has 3 aromatic carbocycles. The molecule has 0 N–H and O–H groups in total. The van der Waals surface area contributed by atoms with Gasteiger partial charge in [-0.1, -0.05) is 98.8 Å². The molecular weight excluding hydrogens is 474 g/mol. The zero-order valence-electron chi connectivity index (χ0n) is 23.1. The number of benzene rings is 3. The number of carbonyl (C=O) groups is 2. The normalized spacial score (nSPS) is 19.8. The molecule has 0 radical (unpaired) electrons. The highest BCUT2D eigenvalue weighted by Gasteiger charge is 2.49. The molecule has 1 aliphatic heterocycles. The molecule has 0 bridgehead atoms. The van der Waals surface area contributed by atoms with Crippen molar-refractivity contribution in [3.63, 3.8) is 0 Å². The van der Waals surface area contributed by atoms with Crippen LogP contribution in [0.4, 0.5) is 4.79 Å². The quantitative estimate of drug-likeness (QED) is 0.303. The van der Waals surface area contributed by atoms with Gasteiger partial charge in [0, 0.05) is 6.42 Å². The summed E-state index contributed by atoms with van der Waals surface area (Å²) in [5.41, 5.74) is 3.24. The number of nitrogens with zero attached hydrogens (tertiary/aromatic N) is 1. The highest BCUT2D eigenvalue weighted by molar-refractivity contribution is 5.84. The van der Waals surface area contributed by atoms with Gasteiger partial charge in [-0.15, -0.1) is 0 Å². The van der Waals surface area contributed by atoms with E-state index in [4.69, 9.17) is 9.47 Å². The van der Waals surface area contributed by atoms with Crippen molar-refractivity contribution in [1.82, 2.24) is 4.90 Å². The molecule has 0 aliphatic carbocycles. The first-order valence-electron chi connectivity index (χ1n) is 13.6. The summed E-state index contributed by atoms with van der Waals surface area (Å²) in [5.74, 6) is 0.0274. The fraction of sp³-hybridized carbons (Fsp3) is 0.394. The number of rotatable bonds is 7. The van der Waals surface area contributed by atoms with E-state index >= 15 is 0 Å². The Morgan fingerprint density at radius 2 is 1.50 bits per heavy atom. The lowest BCUT2D eigenvalue weighted by Crippen LogP contribution is -2.56. The Labute approximate surface area is 226 Å². The van der Waals surface area contributed by atoms with E-state index in [1.54, 1.807) is 4.90 Å². The van der Waals surface area contributed by atoms with Gasteiger partial charge in [-0.25, -0.2) is 9.59 Å². The molecule has 3 aromatic rings. The molecule has 5 nitrogen and oxygen atoms in total. The topological polar surface area (TPSA) is 55.8 Å². The number of morpholine rings is 1. The molecule has 4 rings (SSSR count). The second-order valence-electron chi connectivity index (χ2n) is 11.0. The molecule has 0 saturated carbocycles. The lowest BCUT2D eigenvalue weighted by molar-refractivity contribution is -0.174. The molecule has 1 fully saturated rings. The lowest BCUT2D eigenvalue weighted by Gasteiger charge is -2.45. The third-order valence-electron chi connectivity index (χ3n) is 7.15. The van der Waals surface area contributed by atoms with Crippen molar-refractivity contribution in [3.05, 3.63) is 107 Å². The molecule has 200 valence electrons. The van der Waals surface area contributed by atoms with Gasteiger partial charge in [0.1, 0.15) is 17.7 Å². The van der Waals surface area contributed by atoms with Crippen LogP contribution < -0.4 is 0 Å². The minimum atomic E-state index is -0.827. The predicted octanol–water partition coefficient (Wildman–Crippen LogP) is 7.78. The van der Waals surface area contributed by atoms with Gasteiger partial charge in [-0.2, -0.15) is 0 Å². The zero-order valence-corrected chi connectivity index (χ0v) is 23.1. The summed E-state index contributed by atoms with van der Waals surface area (Å²) in [4.78, 5) is 29.2. The van der Waals surface area contributed by atoms with E-state index in [0.29, 0.717) is 12.3 Å². The monoisotopic (exact) mass is 513 g/mol. The van der Waals surface area contributed by atoms with Gasteiger partial charge in [-0.3, -0.25) is 4.90 Å². The standard InChI is InChI=1S/C33H39NO4/c1-6-24(7-2)27-20-14-15-23(21-27)22-28-31(35)37-30(26-18-12-9-13-19-26)29(25-16-10-8-11-17-25)34(28)32(36)38-33(3,4)5/h8-21,24,28-30H,6-7,22H2,1-5H3/t28-,29-,30+/m0/s1. The maximum Gasteiger partial charge on any atom is 0.411 e. The minimum Gasteiger partial charge on any atom is -0.453 e. The molecule has 0 aromatic heterocycles. The molecule has 0 unspecified atom stereocenters. The second kappa shape index (κ2) is 11.8. The van der Waals surface area contributed by atoms with Crippen molar-refractivity contribution in [2.75, 3.05) is 0 Å². The summed E-state index contributed by atoms with van der Waals surface area (Å²) in [7, 11) is 0. The Morgan fingerprint density at radius 3 is 2.08 bits per heavy atom. The van der Waals surface area contributed by atoms with E-state index in [1.807, 2.05) is 93.6 Å². The smallest absolute Gasteiger partial charge is 0.411 e. The highest BCUT2D eigenvalue weighted by atomic mass is 16.6. The molecule has 1 aliphatic rings. The van der Waals surface area contributed by atoms with E-state index in [2.05, 4.69) is 26.0 Å². The van der Waals surface area contributed by atoms with Crippen LogP contribution in [0.25, 0.3) is 0 Å². The number of hydrogen-bond acceptors (Lipinski definition) is 4. The van der Waals surface area contributed by atoms with Crippen molar-refractivity contribution in [2.45, 2.75) is 83.6 Å². The molecular formula is C33H39NO4. The summed E-state index contributed by atoms with van der Waals surface area (Å²) in [6.07, 6.45) is 1.25. The van der Waals surface area contributed by atoms with E-state index in [1.165, 1.54) is 5.56 Å². The Bertz CT molecular complexity index is 1210. The molecule has 1 heterocycles. The molecule has 1 amide bonds. The van der Waals surface area contributed by atoms with Crippen molar-refractivity contribution in [2.24, 2.45) is 0 Å². The number of cyclic esters (lactones) is 1. The van der Waals surface area contributed by atoms with Crippen LogP contribution in [0.1, 0.15) is 87.8 Å². The van der Waals surface area contributed by atoms with E-state index < -0.39 is 35.9 Å². The fourth-order valence-corrected chi connectivity index (χ4v) is 5.29. The van der Waals surface area contributed by atoms with Gasteiger partial charge in [-0.05, 0) is 61.8 Å². The third-order valence-corrected chi connectivity index (χ3v) is 7.15. The number of esters is 1. The average molecular weight is 514 g/mol. The van der Waals surface area contributed by atoms with Crippen molar-refractivity contribution in [1.29, 1.82) is 0 Å². The molecule has 38 heavy (non-hydrogen) atoms. The zero-order chi connectivity index (χ0) is 27.3. The first-order valence-corrected chi connectivity index (χ1v) is 13.6. The first kappa shape index (κ1) is 27.4. The molecule has 1 saturated heterocycles. The van der Waals surface area contributed by atoms with E-state index in [-0.39, 0.29) is 0 Å². The summed E-state index contributed by atoms with van der Waals surface area (Å²) >= 11 is 0. The van der Waals surface area contributed by atoms with Crippen LogP contribution in [0.15, 0.2) is 84.9 Å². The minimum absolute atomic E-state index is 0.344. The van der Waals surface area contributed by atoms with Gasteiger partial charge >= 0.3 is 12.1 Å². The van der Waals surface area contributed by atoms with E-state index in [9.17, 15) is 9.59 Å². The molecule has 3 atom stereocenters. The summed E-state index contributed by atoms with van der Waals surface area (Å²) in [6.45, 7) is 9.91. The van der Waals surface area contributed by atoms with Gasteiger partial charge in [0.25, 0.3) is 0 Å². The van der Waals surface area contributed by atoms with Crippen LogP contribution in [-0.4, -0.2) is 28.6 Å². The van der Waals surface area contributed by atoms with Gasteiger partial charge in [0.05, 0.1) is 0 Å². The van der Waals surface area contributed by atoms with E-state index in [0.717, 1.165) is 29.5 Å². The van der Waals surface area contributed by atoms with Crippen LogP contribution in [-0.2, 0) is 20.7 Å². The maximum absolute atomic E-state index is 13.9. The van der Waals surface area contributed by atoms with Crippen LogP contribution in [0.3, 0.4) is 0 Å².